The van der Waals surface area contributed by atoms with Crippen LogP contribution < -0.4 is 10.5 Å². The summed E-state index contributed by atoms with van der Waals surface area (Å²) in [7, 11) is 0. The summed E-state index contributed by atoms with van der Waals surface area (Å²) >= 11 is 0. The van der Waals surface area contributed by atoms with Crippen LogP contribution in [0.1, 0.15) is 56.2 Å². The molecule has 0 aromatic heterocycles. The van der Waals surface area contributed by atoms with Gasteiger partial charge in [0, 0.05) is 6.04 Å². The molecule has 2 heteroatoms. The van der Waals surface area contributed by atoms with Gasteiger partial charge < -0.3 is 10.5 Å². The standard InChI is InChI=1S/C16H23NO/c1-16(8-2-3-9-16)15(17)13-6-7-14-12(11-13)5-4-10-18-14/h6-7,11,15H,2-5,8-10,17H2,1H3. The van der Waals surface area contributed by atoms with E-state index in [1.54, 1.807) is 0 Å². The van der Waals surface area contributed by atoms with Gasteiger partial charge in [-0.1, -0.05) is 31.9 Å². The van der Waals surface area contributed by atoms with Crippen molar-refractivity contribution in [1.29, 1.82) is 0 Å². The van der Waals surface area contributed by atoms with Gasteiger partial charge in [0.1, 0.15) is 5.75 Å². The van der Waals surface area contributed by atoms with Crippen LogP contribution in [-0.4, -0.2) is 6.61 Å². The third-order valence-electron chi connectivity index (χ3n) is 4.79. The third-order valence-corrected chi connectivity index (χ3v) is 4.79. The molecule has 0 radical (unpaired) electrons. The smallest absolute Gasteiger partial charge is 0.122 e. The van der Waals surface area contributed by atoms with Crippen molar-refractivity contribution in [3.8, 4) is 5.75 Å². The lowest BCUT2D eigenvalue weighted by molar-refractivity contribution is 0.263. The summed E-state index contributed by atoms with van der Waals surface area (Å²) < 4.78 is 5.67. The highest BCUT2D eigenvalue weighted by molar-refractivity contribution is 5.40. The van der Waals surface area contributed by atoms with Crippen molar-refractivity contribution in [2.24, 2.45) is 11.1 Å². The van der Waals surface area contributed by atoms with E-state index >= 15 is 0 Å². The fourth-order valence-corrected chi connectivity index (χ4v) is 3.47. The van der Waals surface area contributed by atoms with Crippen LogP contribution in [0, 0.1) is 5.41 Å². The van der Waals surface area contributed by atoms with Crippen molar-refractivity contribution < 1.29 is 4.74 Å². The summed E-state index contributed by atoms with van der Waals surface area (Å²) in [5.41, 5.74) is 9.46. The zero-order valence-corrected chi connectivity index (χ0v) is 11.2. The molecule has 0 amide bonds. The molecule has 2 nitrogen and oxygen atoms in total. The van der Waals surface area contributed by atoms with Crippen LogP contribution in [0.2, 0.25) is 0 Å². The number of nitrogens with two attached hydrogens (primary N) is 1. The Bertz CT molecular complexity index is 435. The van der Waals surface area contributed by atoms with E-state index in [-0.39, 0.29) is 6.04 Å². The minimum absolute atomic E-state index is 0.173. The van der Waals surface area contributed by atoms with E-state index in [9.17, 15) is 0 Å². The number of hydrogen-bond donors (Lipinski definition) is 1. The van der Waals surface area contributed by atoms with Gasteiger partial charge in [-0.3, -0.25) is 0 Å². The first-order valence-electron chi connectivity index (χ1n) is 7.20. The van der Waals surface area contributed by atoms with Crippen LogP contribution in [0.5, 0.6) is 5.75 Å². The van der Waals surface area contributed by atoms with Crippen molar-refractivity contribution in [3.05, 3.63) is 29.3 Å². The maximum absolute atomic E-state index is 6.53. The monoisotopic (exact) mass is 245 g/mol. The third kappa shape index (κ3) is 2.03. The molecule has 1 heterocycles. The first kappa shape index (κ1) is 12.0. The largest absolute Gasteiger partial charge is 0.493 e. The maximum atomic E-state index is 6.53. The molecule has 1 atom stereocenters. The Hall–Kier alpha value is -1.02. The molecule has 1 aliphatic carbocycles. The molecular weight excluding hydrogens is 222 g/mol. The predicted octanol–water partition coefficient (Wildman–Crippen LogP) is 3.59. The predicted molar refractivity (Wildman–Crippen MR) is 73.8 cm³/mol. The first-order chi connectivity index (χ1) is 8.69. The highest BCUT2D eigenvalue weighted by atomic mass is 16.5. The van der Waals surface area contributed by atoms with Gasteiger partial charge >= 0.3 is 0 Å². The van der Waals surface area contributed by atoms with Crippen LogP contribution in [0.3, 0.4) is 0 Å². The molecule has 1 saturated carbocycles. The molecule has 0 spiro atoms. The number of benzene rings is 1. The van der Waals surface area contributed by atoms with Crippen molar-refractivity contribution in [1.82, 2.24) is 0 Å². The topological polar surface area (TPSA) is 35.2 Å². The minimum atomic E-state index is 0.173. The molecule has 1 unspecified atom stereocenters. The Balaban J connectivity index is 1.87. The van der Waals surface area contributed by atoms with Gasteiger partial charge in [0.25, 0.3) is 0 Å². The van der Waals surface area contributed by atoms with Gasteiger partial charge in [0.15, 0.2) is 0 Å². The Morgan fingerprint density at radius 3 is 2.78 bits per heavy atom. The highest BCUT2D eigenvalue weighted by Gasteiger charge is 2.35. The van der Waals surface area contributed by atoms with Gasteiger partial charge in [-0.15, -0.1) is 0 Å². The zero-order chi connectivity index (χ0) is 12.6. The summed E-state index contributed by atoms with van der Waals surface area (Å²) in [6.07, 6.45) is 7.45. The summed E-state index contributed by atoms with van der Waals surface area (Å²) in [6.45, 7) is 3.21. The van der Waals surface area contributed by atoms with Crippen molar-refractivity contribution in [3.63, 3.8) is 0 Å². The summed E-state index contributed by atoms with van der Waals surface area (Å²) in [4.78, 5) is 0. The normalized spacial score (nSPS) is 23.2. The maximum Gasteiger partial charge on any atom is 0.122 e. The Labute approximate surface area is 110 Å². The molecule has 3 rings (SSSR count). The molecule has 1 fully saturated rings. The van der Waals surface area contributed by atoms with E-state index < -0.39 is 0 Å². The second-order valence-corrected chi connectivity index (χ2v) is 6.16. The van der Waals surface area contributed by atoms with Crippen LogP contribution in [0.15, 0.2) is 18.2 Å². The fraction of sp³-hybridized carbons (Fsp3) is 0.625. The van der Waals surface area contributed by atoms with E-state index in [1.165, 1.54) is 36.8 Å². The quantitative estimate of drug-likeness (QED) is 0.864. The number of ether oxygens (including phenoxy) is 1. The van der Waals surface area contributed by atoms with Crippen LogP contribution in [-0.2, 0) is 6.42 Å². The molecule has 0 saturated heterocycles. The number of hydrogen-bond acceptors (Lipinski definition) is 2. The number of aryl methyl sites for hydroxylation is 1. The molecule has 98 valence electrons. The summed E-state index contributed by atoms with van der Waals surface area (Å²) in [5.74, 6) is 1.06. The van der Waals surface area contributed by atoms with Crippen molar-refractivity contribution in [2.75, 3.05) is 6.61 Å². The van der Waals surface area contributed by atoms with Crippen molar-refractivity contribution >= 4 is 0 Å². The van der Waals surface area contributed by atoms with Gasteiger partial charge in [0.2, 0.25) is 0 Å². The highest BCUT2D eigenvalue weighted by Crippen LogP contribution is 2.46. The van der Waals surface area contributed by atoms with Gasteiger partial charge in [-0.05, 0) is 48.3 Å². The number of fused-ring (bicyclic) bond motifs is 1. The fourth-order valence-electron chi connectivity index (χ4n) is 3.47. The molecular formula is C16H23NO. The Kier molecular flexibility index (Phi) is 3.06. The minimum Gasteiger partial charge on any atom is -0.493 e. The molecule has 1 aromatic carbocycles. The lowest BCUT2D eigenvalue weighted by Crippen LogP contribution is -2.29. The summed E-state index contributed by atoms with van der Waals surface area (Å²) in [6, 6.07) is 6.73. The number of rotatable bonds is 2. The van der Waals surface area contributed by atoms with Crippen LogP contribution in [0.25, 0.3) is 0 Å². The lowest BCUT2D eigenvalue weighted by atomic mass is 9.77. The molecule has 18 heavy (non-hydrogen) atoms. The molecule has 1 aromatic rings. The van der Waals surface area contributed by atoms with Crippen LogP contribution in [0.4, 0.5) is 0 Å². The van der Waals surface area contributed by atoms with Gasteiger partial charge in [0.05, 0.1) is 6.61 Å². The molecule has 2 aliphatic rings. The average molecular weight is 245 g/mol. The van der Waals surface area contributed by atoms with E-state index in [2.05, 4.69) is 25.1 Å². The molecule has 1 aliphatic heterocycles. The SMILES string of the molecule is CC1(C(N)c2ccc3c(c2)CCCO3)CCCC1. The van der Waals surface area contributed by atoms with E-state index in [0.29, 0.717) is 5.41 Å². The van der Waals surface area contributed by atoms with E-state index in [0.717, 1.165) is 25.2 Å². The summed E-state index contributed by atoms with van der Waals surface area (Å²) in [5, 5.41) is 0. The molecule has 0 bridgehead atoms. The van der Waals surface area contributed by atoms with Gasteiger partial charge in [-0.25, -0.2) is 0 Å². The first-order valence-corrected chi connectivity index (χ1v) is 7.20. The van der Waals surface area contributed by atoms with Gasteiger partial charge in [-0.2, -0.15) is 0 Å². The average Bonchev–Trinajstić information content (AvgIpc) is 2.85. The molecule has 2 N–H and O–H groups in total. The van der Waals surface area contributed by atoms with E-state index in [1.807, 2.05) is 0 Å². The zero-order valence-electron chi connectivity index (χ0n) is 11.2. The Morgan fingerprint density at radius 2 is 2.00 bits per heavy atom. The van der Waals surface area contributed by atoms with E-state index in [4.69, 9.17) is 10.5 Å². The lowest BCUT2D eigenvalue weighted by Gasteiger charge is -2.32. The Morgan fingerprint density at radius 1 is 1.22 bits per heavy atom. The second kappa shape index (κ2) is 4.58. The second-order valence-electron chi connectivity index (χ2n) is 6.16. The van der Waals surface area contributed by atoms with Crippen molar-refractivity contribution in [2.45, 2.75) is 51.5 Å². The van der Waals surface area contributed by atoms with Crippen LogP contribution >= 0.6 is 0 Å².